The van der Waals surface area contributed by atoms with Crippen molar-refractivity contribution in [1.29, 1.82) is 0 Å². The van der Waals surface area contributed by atoms with Crippen molar-refractivity contribution < 1.29 is 23.9 Å². The predicted octanol–water partition coefficient (Wildman–Crippen LogP) is 6.93. The Bertz CT molecular complexity index is 551. The van der Waals surface area contributed by atoms with Gasteiger partial charge in [-0.1, -0.05) is 82.6 Å². The Morgan fingerprint density at radius 3 is 1.53 bits per heavy atom. The SMILES string of the molecule is CCCC/C=C\CCC/C=C\CCCCCCCCCCC(O)(C[N+](C)(C)C)P(=O)(O)O. The van der Waals surface area contributed by atoms with Crippen LogP contribution in [-0.2, 0) is 4.57 Å². The van der Waals surface area contributed by atoms with Gasteiger partial charge in [0.15, 0.2) is 0 Å². The Balaban J connectivity index is 3.64. The molecule has 0 bridgehead atoms. The number of likely N-dealkylation sites (N-methyl/N-ethyl adjacent to an activating group) is 1. The number of allylic oxidation sites excluding steroid dienone is 4. The second-order valence-corrected chi connectivity index (χ2v) is 12.3. The van der Waals surface area contributed by atoms with Gasteiger partial charge in [-0.2, -0.15) is 0 Å². The zero-order valence-corrected chi connectivity index (χ0v) is 22.4. The van der Waals surface area contributed by atoms with Gasteiger partial charge in [0.2, 0.25) is 5.34 Å². The van der Waals surface area contributed by atoms with Crippen LogP contribution >= 0.6 is 7.60 Å². The van der Waals surface area contributed by atoms with Gasteiger partial charge in [0.05, 0.1) is 21.1 Å². The number of rotatable bonds is 21. The molecule has 0 rings (SSSR count). The average Bonchev–Trinajstić information content (AvgIpc) is 2.67. The molecule has 0 aromatic rings. The molecule has 0 amide bonds. The molecule has 0 fully saturated rings. The molecule has 0 aliphatic carbocycles. The molecule has 6 heteroatoms. The summed E-state index contributed by atoms with van der Waals surface area (Å²) in [5.41, 5.74) is 0. The lowest BCUT2D eigenvalue weighted by Gasteiger charge is -2.35. The molecule has 0 saturated carbocycles. The lowest BCUT2D eigenvalue weighted by Crippen LogP contribution is -2.49. The summed E-state index contributed by atoms with van der Waals surface area (Å²) in [5, 5.41) is 8.63. The number of aliphatic hydroxyl groups is 1. The zero-order chi connectivity index (χ0) is 24.3. The minimum atomic E-state index is -4.55. The van der Waals surface area contributed by atoms with Crippen LogP contribution in [-0.4, -0.2) is 52.4 Å². The molecule has 0 aromatic heterocycles. The van der Waals surface area contributed by atoms with Crippen LogP contribution in [0.1, 0.15) is 110 Å². The van der Waals surface area contributed by atoms with Gasteiger partial charge in [0, 0.05) is 0 Å². The molecule has 32 heavy (non-hydrogen) atoms. The van der Waals surface area contributed by atoms with Gasteiger partial charge in [0.25, 0.3) is 0 Å². The largest absolute Gasteiger partial charge is 0.373 e. The molecule has 1 unspecified atom stereocenters. The fourth-order valence-electron chi connectivity index (χ4n) is 3.95. The van der Waals surface area contributed by atoms with Crippen molar-refractivity contribution >= 4 is 7.60 Å². The summed E-state index contributed by atoms with van der Waals surface area (Å²) in [6, 6.07) is 0. The maximum atomic E-state index is 11.8. The standard InChI is InChI=1S/C26H52NO4P/c1-5-6-7-8-9-10-11-12-13-14-15-16-17-18-19-20-21-22-23-24-26(28,32(29,30)31)25-27(2,3)4/h8-9,13-14,28H,5-7,10-12,15-25H2,1-4H3,(H-,29,30,31)/p+1/b9-8-,14-13-. The molecule has 0 aliphatic rings. The second kappa shape index (κ2) is 18.0. The topological polar surface area (TPSA) is 77.8 Å². The minimum absolute atomic E-state index is 0.0574. The molecule has 0 spiro atoms. The Kier molecular flexibility index (Phi) is 17.7. The van der Waals surface area contributed by atoms with Crippen LogP contribution in [0.2, 0.25) is 0 Å². The van der Waals surface area contributed by atoms with Gasteiger partial charge < -0.3 is 19.4 Å². The summed E-state index contributed by atoms with van der Waals surface area (Å²) >= 11 is 0. The Morgan fingerprint density at radius 2 is 1.09 bits per heavy atom. The van der Waals surface area contributed by atoms with E-state index in [0.717, 1.165) is 19.3 Å². The van der Waals surface area contributed by atoms with Gasteiger partial charge in [-0.05, 0) is 51.4 Å². The fourth-order valence-corrected chi connectivity index (χ4v) is 5.01. The van der Waals surface area contributed by atoms with E-state index in [-0.39, 0.29) is 13.0 Å². The normalized spacial score (nSPS) is 15.1. The van der Waals surface area contributed by atoms with Crippen molar-refractivity contribution in [2.75, 3.05) is 27.7 Å². The van der Waals surface area contributed by atoms with E-state index in [4.69, 9.17) is 0 Å². The molecule has 0 aromatic carbocycles. The first-order chi connectivity index (χ1) is 15.0. The van der Waals surface area contributed by atoms with E-state index in [1.807, 2.05) is 21.1 Å². The van der Waals surface area contributed by atoms with Crippen LogP contribution in [0.3, 0.4) is 0 Å². The number of hydrogen-bond donors (Lipinski definition) is 3. The maximum Gasteiger partial charge on any atom is 0.362 e. The van der Waals surface area contributed by atoms with Gasteiger partial charge in [-0.25, -0.2) is 0 Å². The van der Waals surface area contributed by atoms with E-state index in [1.54, 1.807) is 0 Å². The van der Waals surface area contributed by atoms with E-state index in [9.17, 15) is 19.5 Å². The highest BCUT2D eigenvalue weighted by Crippen LogP contribution is 2.52. The van der Waals surface area contributed by atoms with Crippen LogP contribution in [0, 0.1) is 0 Å². The molecular weight excluding hydrogens is 421 g/mol. The summed E-state index contributed by atoms with van der Waals surface area (Å²) in [4.78, 5) is 19.2. The van der Waals surface area contributed by atoms with Crippen molar-refractivity contribution in [3.8, 4) is 0 Å². The third-order valence-electron chi connectivity index (χ3n) is 5.77. The van der Waals surface area contributed by atoms with E-state index in [1.165, 1.54) is 70.6 Å². The van der Waals surface area contributed by atoms with E-state index in [2.05, 4.69) is 31.2 Å². The highest BCUT2D eigenvalue weighted by molar-refractivity contribution is 7.53. The first kappa shape index (κ1) is 31.6. The molecule has 0 heterocycles. The van der Waals surface area contributed by atoms with Crippen molar-refractivity contribution in [3.05, 3.63) is 24.3 Å². The number of hydrogen-bond acceptors (Lipinski definition) is 2. The van der Waals surface area contributed by atoms with Crippen molar-refractivity contribution in [3.63, 3.8) is 0 Å². The van der Waals surface area contributed by atoms with Gasteiger partial charge in [0.1, 0.15) is 6.54 Å². The number of unbranched alkanes of at least 4 members (excludes halogenated alkanes) is 12. The molecular formula is C26H53NO4P+. The zero-order valence-electron chi connectivity index (χ0n) is 21.5. The fraction of sp³-hybridized carbons (Fsp3) is 0.846. The number of nitrogens with zero attached hydrogens (tertiary/aromatic N) is 1. The molecule has 190 valence electrons. The summed E-state index contributed by atoms with van der Waals surface area (Å²) in [6.45, 7) is 2.29. The van der Waals surface area contributed by atoms with Gasteiger partial charge in [-0.3, -0.25) is 4.57 Å². The van der Waals surface area contributed by atoms with Crippen LogP contribution in [0.15, 0.2) is 24.3 Å². The average molecular weight is 475 g/mol. The minimum Gasteiger partial charge on any atom is -0.373 e. The summed E-state index contributed by atoms with van der Waals surface area (Å²) in [7, 11) is 0.967. The quantitative estimate of drug-likeness (QED) is 0.0729. The van der Waals surface area contributed by atoms with Gasteiger partial charge in [-0.15, -0.1) is 0 Å². The van der Waals surface area contributed by atoms with E-state index in [0.29, 0.717) is 10.9 Å². The van der Waals surface area contributed by atoms with Gasteiger partial charge >= 0.3 is 7.60 Å². The Morgan fingerprint density at radius 1 is 0.688 bits per heavy atom. The van der Waals surface area contributed by atoms with E-state index < -0.39 is 12.9 Å². The maximum absolute atomic E-state index is 11.8. The summed E-state index contributed by atoms with van der Waals surface area (Å²) in [6.07, 6.45) is 26.9. The molecule has 3 N–H and O–H groups in total. The Labute approximate surface area is 198 Å². The van der Waals surface area contributed by atoms with Crippen LogP contribution in [0.4, 0.5) is 0 Å². The molecule has 0 saturated heterocycles. The molecule has 1 atom stereocenters. The smallest absolute Gasteiger partial charge is 0.362 e. The third kappa shape index (κ3) is 18.0. The highest BCUT2D eigenvalue weighted by Gasteiger charge is 2.48. The van der Waals surface area contributed by atoms with Crippen LogP contribution in [0.25, 0.3) is 0 Å². The van der Waals surface area contributed by atoms with Crippen molar-refractivity contribution in [2.24, 2.45) is 0 Å². The second-order valence-electron chi connectivity index (χ2n) is 10.4. The summed E-state index contributed by atoms with van der Waals surface area (Å²) in [5.74, 6) is 0. The first-order valence-electron chi connectivity index (χ1n) is 12.9. The van der Waals surface area contributed by atoms with Crippen LogP contribution < -0.4 is 0 Å². The molecule has 0 radical (unpaired) electrons. The highest BCUT2D eigenvalue weighted by atomic mass is 31.2. The predicted molar refractivity (Wildman–Crippen MR) is 138 cm³/mol. The van der Waals surface area contributed by atoms with E-state index >= 15 is 0 Å². The molecule has 0 aliphatic heterocycles. The molecule has 5 nitrogen and oxygen atoms in total. The Hall–Kier alpha value is -0.450. The lowest BCUT2D eigenvalue weighted by atomic mass is 10.0. The number of quaternary nitrogens is 1. The third-order valence-corrected chi connectivity index (χ3v) is 7.22. The first-order valence-corrected chi connectivity index (χ1v) is 14.5. The van der Waals surface area contributed by atoms with Crippen molar-refractivity contribution in [1.82, 2.24) is 0 Å². The summed E-state index contributed by atoms with van der Waals surface area (Å²) < 4.78 is 12.1. The van der Waals surface area contributed by atoms with Crippen molar-refractivity contribution in [2.45, 2.75) is 115 Å². The van der Waals surface area contributed by atoms with Crippen LogP contribution in [0.5, 0.6) is 0 Å². The monoisotopic (exact) mass is 474 g/mol. The lowest BCUT2D eigenvalue weighted by molar-refractivity contribution is -0.875.